The van der Waals surface area contributed by atoms with E-state index in [1.165, 1.54) is 4.31 Å². The molecule has 0 unspecified atom stereocenters. The third-order valence-corrected chi connectivity index (χ3v) is 4.37. The molecule has 0 amide bonds. The van der Waals surface area contributed by atoms with Crippen LogP contribution in [0.3, 0.4) is 0 Å². The molecule has 1 rings (SSSR count). The van der Waals surface area contributed by atoms with Gasteiger partial charge in [0.25, 0.3) is 0 Å². The summed E-state index contributed by atoms with van der Waals surface area (Å²) in [6.07, 6.45) is 1.66. The van der Waals surface area contributed by atoms with E-state index < -0.39 is 10.0 Å². The van der Waals surface area contributed by atoms with Crippen LogP contribution in [0.4, 0.5) is 0 Å². The molecular formula is C11H19N3O2S. The summed E-state index contributed by atoms with van der Waals surface area (Å²) < 4.78 is 25.4. The standard InChI is InChI=1S/C11H19N3O2S/c1-10(2)14(17(15,16)8-6-12)9-11-5-3-4-7-13-11/h3-5,7,10H,6,8-9,12H2,1-2H3. The Kier molecular flexibility index (Phi) is 5.04. The molecule has 0 aliphatic heterocycles. The first kappa shape index (κ1) is 14.1. The van der Waals surface area contributed by atoms with E-state index in [-0.39, 0.29) is 18.3 Å². The Morgan fingerprint density at radius 2 is 2.12 bits per heavy atom. The van der Waals surface area contributed by atoms with Crippen molar-refractivity contribution in [3.8, 4) is 0 Å². The van der Waals surface area contributed by atoms with Crippen molar-refractivity contribution in [1.82, 2.24) is 9.29 Å². The number of rotatable bonds is 6. The fourth-order valence-electron chi connectivity index (χ4n) is 1.52. The molecule has 1 aromatic rings. The molecule has 1 heterocycles. The van der Waals surface area contributed by atoms with Crippen LogP contribution in [0.15, 0.2) is 24.4 Å². The lowest BCUT2D eigenvalue weighted by atomic mass is 10.3. The maximum absolute atomic E-state index is 12.0. The molecule has 17 heavy (non-hydrogen) atoms. The molecule has 0 saturated heterocycles. The number of aromatic nitrogens is 1. The predicted octanol–water partition coefficient (Wildman–Crippen LogP) is 0.581. The molecule has 0 saturated carbocycles. The van der Waals surface area contributed by atoms with Gasteiger partial charge in [0, 0.05) is 18.8 Å². The number of pyridine rings is 1. The van der Waals surface area contributed by atoms with Crippen molar-refractivity contribution in [2.75, 3.05) is 12.3 Å². The van der Waals surface area contributed by atoms with E-state index in [4.69, 9.17) is 5.73 Å². The summed E-state index contributed by atoms with van der Waals surface area (Å²) in [7, 11) is -3.30. The first-order chi connectivity index (χ1) is 7.97. The van der Waals surface area contributed by atoms with E-state index in [1.807, 2.05) is 26.0 Å². The molecule has 0 radical (unpaired) electrons. The molecule has 0 atom stereocenters. The summed E-state index contributed by atoms with van der Waals surface area (Å²) in [6, 6.07) is 5.36. The molecule has 0 aliphatic carbocycles. The van der Waals surface area contributed by atoms with Crippen molar-refractivity contribution < 1.29 is 8.42 Å². The number of hydrogen-bond donors (Lipinski definition) is 1. The van der Waals surface area contributed by atoms with E-state index >= 15 is 0 Å². The summed E-state index contributed by atoms with van der Waals surface area (Å²) in [5, 5.41) is 0. The monoisotopic (exact) mass is 257 g/mol. The first-order valence-electron chi connectivity index (χ1n) is 5.57. The Hall–Kier alpha value is -0.980. The van der Waals surface area contributed by atoms with Crippen molar-refractivity contribution in [2.45, 2.75) is 26.4 Å². The summed E-state index contributed by atoms with van der Waals surface area (Å²) in [5.41, 5.74) is 6.06. The summed E-state index contributed by atoms with van der Waals surface area (Å²) >= 11 is 0. The van der Waals surface area contributed by atoms with Crippen molar-refractivity contribution in [3.05, 3.63) is 30.1 Å². The van der Waals surface area contributed by atoms with Gasteiger partial charge in [0.15, 0.2) is 0 Å². The van der Waals surface area contributed by atoms with E-state index in [0.29, 0.717) is 6.54 Å². The Morgan fingerprint density at radius 3 is 2.59 bits per heavy atom. The van der Waals surface area contributed by atoms with Crippen molar-refractivity contribution in [3.63, 3.8) is 0 Å². The zero-order valence-electron chi connectivity index (χ0n) is 10.2. The molecule has 0 bridgehead atoms. The van der Waals surface area contributed by atoms with Crippen LogP contribution in [-0.2, 0) is 16.6 Å². The zero-order valence-corrected chi connectivity index (χ0v) is 11.0. The lowest BCUT2D eigenvalue weighted by molar-refractivity contribution is 0.345. The zero-order chi connectivity index (χ0) is 12.9. The molecule has 2 N–H and O–H groups in total. The fourth-order valence-corrected chi connectivity index (χ4v) is 3.02. The topological polar surface area (TPSA) is 76.3 Å². The van der Waals surface area contributed by atoms with Gasteiger partial charge in [-0.25, -0.2) is 8.42 Å². The molecular weight excluding hydrogens is 238 g/mol. The fraction of sp³-hybridized carbons (Fsp3) is 0.545. The van der Waals surface area contributed by atoms with Gasteiger partial charge in [0.1, 0.15) is 0 Å². The van der Waals surface area contributed by atoms with Crippen molar-refractivity contribution >= 4 is 10.0 Å². The minimum atomic E-state index is -3.30. The van der Waals surface area contributed by atoms with Gasteiger partial charge in [-0.3, -0.25) is 4.98 Å². The van der Waals surface area contributed by atoms with Gasteiger partial charge in [0.2, 0.25) is 10.0 Å². The van der Waals surface area contributed by atoms with E-state index in [9.17, 15) is 8.42 Å². The van der Waals surface area contributed by atoms with Crippen LogP contribution in [0.2, 0.25) is 0 Å². The van der Waals surface area contributed by atoms with Crippen molar-refractivity contribution in [2.24, 2.45) is 5.73 Å². The van der Waals surface area contributed by atoms with Crippen molar-refractivity contribution in [1.29, 1.82) is 0 Å². The molecule has 0 fully saturated rings. The molecule has 6 heteroatoms. The molecule has 0 aromatic carbocycles. The summed E-state index contributed by atoms with van der Waals surface area (Å²) in [6.45, 7) is 4.11. The molecule has 0 aliphatic rings. The third-order valence-electron chi connectivity index (χ3n) is 2.35. The van der Waals surface area contributed by atoms with Gasteiger partial charge < -0.3 is 5.73 Å². The first-order valence-corrected chi connectivity index (χ1v) is 7.18. The van der Waals surface area contributed by atoms with E-state index in [1.54, 1.807) is 12.3 Å². The minimum absolute atomic E-state index is 0.0297. The van der Waals surface area contributed by atoms with Crippen LogP contribution in [0.5, 0.6) is 0 Å². The van der Waals surface area contributed by atoms with Crippen LogP contribution < -0.4 is 5.73 Å². The second kappa shape index (κ2) is 6.09. The van der Waals surface area contributed by atoms with Gasteiger partial charge in [0.05, 0.1) is 18.0 Å². The minimum Gasteiger partial charge on any atom is -0.329 e. The molecule has 5 nitrogen and oxygen atoms in total. The van der Waals surface area contributed by atoms with Crippen LogP contribution in [-0.4, -0.2) is 36.0 Å². The largest absolute Gasteiger partial charge is 0.329 e. The average molecular weight is 257 g/mol. The highest BCUT2D eigenvalue weighted by molar-refractivity contribution is 7.89. The average Bonchev–Trinajstić information content (AvgIpc) is 2.26. The Morgan fingerprint density at radius 1 is 1.41 bits per heavy atom. The lowest BCUT2D eigenvalue weighted by Crippen LogP contribution is -2.39. The Bertz CT molecular complexity index is 431. The Balaban J connectivity index is 2.88. The number of hydrogen-bond acceptors (Lipinski definition) is 4. The van der Waals surface area contributed by atoms with Crippen LogP contribution in [0, 0.1) is 0 Å². The van der Waals surface area contributed by atoms with E-state index in [2.05, 4.69) is 4.98 Å². The lowest BCUT2D eigenvalue weighted by Gasteiger charge is -2.25. The SMILES string of the molecule is CC(C)N(Cc1ccccn1)S(=O)(=O)CCN. The van der Waals surface area contributed by atoms with Gasteiger partial charge in [-0.2, -0.15) is 4.31 Å². The van der Waals surface area contributed by atoms with Crippen LogP contribution >= 0.6 is 0 Å². The van der Waals surface area contributed by atoms with Crippen LogP contribution in [0.25, 0.3) is 0 Å². The highest BCUT2D eigenvalue weighted by atomic mass is 32.2. The van der Waals surface area contributed by atoms with Gasteiger partial charge in [-0.1, -0.05) is 6.07 Å². The number of nitrogens with zero attached hydrogens (tertiary/aromatic N) is 2. The highest BCUT2D eigenvalue weighted by Gasteiger charge is 2.24. The number of nitrogens with two attached hydrogens (primary N) is 1. The Labute approximate surface area is 103 Å². The van der Waals surface area contributed by atoms with Crippen LogP contribution in [0.1, 0.15) is 19.5 Å². The maximum Gasteiger partial charge on any atom is 0.215 e. The normalized spacial score (nSPS) is 12.3. The smallest absolute Gasteiger partial charge is 0.215 e. The number of sulfonamides is 1. The third kappa shape index (κ3) is 4.07. The van der Waals surface area contributed by atoms with Gasteiger partial charge in [-0.05, 0) is 26.0 Å². The summed E-state index contributed by atoms with van der Waals surface area (Å²) in [5.74, 6) is -0.0297. The second-order valence-electron chi connectivity index (χ2n) is 4.06. The second-order valence-corrected chi connectivity index (χ2v) is 6.11. The quantitative estimate of drug-likeness (QED) is 0.809. The highest BCUT2D eigenvalue weighted by Crippen LogP contribution is 2.11. The predicted molar refractivity (Wildman–Crippen MR) is 67.8 cm³/mol. The maximum atomic E-state index is 12.0. The molecule has 0 spiro atoms. The van der Waals surface area contributed by atoms with E-state index in [0.717, 1.165) is 5.69 Å². The van der Waals surface area contributed by atoms with Gasteiger partial charge in [-0.15, -0.1) is 0 Å². The van der Waals surface area contributed by atoms with Gasteiger partial charge >= 0.3 is 0 Å². The molecule has 1 aromatic heterocycles. The molecule has 96 valence electrons. The summed E-state index contributed by atoms with van der Waals surface area (Å²) in [4.78, 5) is 4.14.